The normalized spacial score (nSPS) is 27.6. The Balaban J connectivity index is 1.90. The van der Waals surface area contributed by atoms with Crippen molar-refractivity contribution >= 4 is 0 Å². The number of aliphatic hydroxyl groups excluding tert-OH is 1. The maximum absolute atomic E-state index is 13.0. The highest BCUT2D eigenvalue weighted by atomic mass is 19.3. The zero-order chi connectivity index (χ0) is 15.4. The van der Waals surface area contributed by atoms with Gasteiger partial charge in [0.1, 0.15) is 17.5 Å². The third kappa shape index (κ3) is 2.47. The van der Waals surface area contributed by atoms with Gasteiger partial charge in [0.2, 0.25) is 0 Å². The highest BCUT2D eigenvalue weighted by Crippen LogP contribution is 2.46. The first kappa shape index (κ1) is 14.6. The lowest BCUT2D eigenvalue weighted by Gasteiger charge is -2.35. The van der Waals surface area contributed by atoms with E-state index in [1.165, 1.54) is 0 Å². The van der Waals surface area contributed by atoms with E-state index in [9.17, 15) is 22.7 Å². The van der Waals surface area contributed by atoms with Crippen molar-refractivity contribution in [1.29, 1.82) is 0 Å². The Morgan fingerprint density at radius 1 is 1.38 bits per heavy atom. The minimum atomic E-state index is -2.79. The van der Waals surface area contributed by atoms with Crippen LogP contribution >= 0.6 is 0 Å². The van der Waals surface area contributed by atoms with E-state index in [0.717, 1.165) is 6.20 Å². The van der Waals surface area contributed by atoms with E-state index in [2.05, 4.69) is 4.98 Å². The Hall–Kier alpha value is -1.37. The Bertz CT molecular complexity index is 556. The van der Waals surface area contributed by atoms with Crippen LogP contribution in [-0.2, 0) is 6.42 Å². The second-order valence-electron chi connectivity index (χ2n) is 5.83. The van der Waals surface area contributed by atoms with Crippen molar-refractivity contribution in [2.45, 2.75) is 50.7 Å². The average molecular weight is 305 g/mol. The first-order valence-electron chi connectivity index (χ1n) is 6.81. The molecule has 21 heavy (non-hydrogen) atoms. The lowest BCUT2D eigenvalue weighted by atomic mass is 9.91. The van der Waals surface area contributed by atoms with Gasteiger partial charge >= 0.3 is 0 Å². The number of aliphatic hydroxyl groups is 1. The molecule has 2 aliphatic rings. The smallest absolute Gasteiger partial charge is 0.280 e. The van der Waals surface area contributed by atoms with E-state index in [-0.39, 0.29) is 30.1 Å². The molecule has 7 heteroatoms. The van der Waals surface area contributed by atoms with E-state index in [1.54, 1.807) is 6.92 Å². The number of pyridine rings is 1. The molecule has 0 spiro atoms. The fraction of sp³-hybridized carbons (Fsp3) is 0.643. The first-order valence-corrected chi connectivity index (χ1v) is 6.81. The molecular weight excluding hydrogens is 290 g/mol. The molecule has 0 saturated heterocycles. The Morgan fingerprint density at radius 3 is 2.62 bits per heavy atom. The van der Waals surface area contributed by atoms with Gasteiger partial charge in [-0.05, 0) is 12.3 Å². The summed E-state index contributed by atoms with van der Waals surface area (Å²) in [6, 6.07) is 0. The summed E-state index contributed by atoms with van der Waals surface area (Å²) in [6.45, 7) is 1.74. The van der Waals surface area contributed by atoms with Crippen LogP contribution in [0.25, 0.3) is 0 Å². The zero-order valence-electron chi connectivity index (χ0n) is 11.3. The monoisotopic (exact) mass is 305 g/mol. The average Bonchev–Trinajstić information content (AvgIpc) is 2.64. The van der Waals surface area contributed by atoms with Crippen molar-refractivity contribution in [3.05, 3.63) is 23.0 Å². The number of fused-ring (bicyclic) bond motifs is 1. The minimum Gasteiger partial charge on any atom is -0.488 e. The predicted octanol–water partition coefficient (Wildman–Crippen LogP) is 3.42. The van der Waals surface area contributed by atoms with Crippen LogP contribution in [0, 0.1) is 5.92 Å². The summed E-state index contributed by atoms with van der Waals surface area (Å²) in [5.74, 6) is -2.71. The van der Waals surface area contributed by atoms with E-state index >= 15 is 0 Å². The number of halogens is 4. The van der Waals surface area contributed by atoms with Crippen LogP contribution < -0.4 is 4.74 Å². The summed E-state index contributed by atoms with van der Waals surface area (Å²) in [5.41, 5.74) is 0.115. The Morgan fingerprint density at radius 2 is 2.05 bits per heavy atom. The fourth-order valence-electron chi connectivity index (χ4n) is 2.97. The highest BCUT2D eigenvalue weighted by molar-refractivity contribution is 5.46. The molecular formula is C14H15F4NO2. The van der Waals surface area contributed by atoms with Gasteiger partial charge < -0.3 is 9.84 Å². The molecule has 2 atom stereocenters. The van der Waals surface area contributed by atoms with E-state index in [1.807, 2.05) is 0 Å². The Kier molecular flexibility index (Phi) is 3.35. The van der Waals surface area contributed by atoms with E-state index in [4.69, 9.17) is 4.74 Å². The third-order valence-electron chi connectivity index (χ3n) is 4.13. The maximum atomic E-state index is 13.0. The largest absolute Gasteiger partial charge is 0.488 e. The van der Waals surface area contributed by atoms with Crippen molar-refractivity contribution in [2.24, 2.45) is 5.92 Å². The lowest BCUT2D eigenvalue weighted by Crippen LogP contribution is -2.43. The van der Waals surface area contributed by atoms with E-state index < -0.39 is 30.2 Å². The van der Waals surface area contributed by atoms with Crippen LogP contribution in [0.2, 0.25) is 0 Å². The first-order chi connectivity index (χ1) is 9.78. The summed E-state index contributed by atoms with van der Waals surface area (Å²) in [4.78, 5) is 3.66. The quantitative estimate of drug-likeness (QED) is 0.870. The molecule has 3 nitrogen and oxygen atoms in total. The third-order valence-corrected chi connectivity index (χ3v) is 4.13. The molecule has 1 heterocycles. The summed E-state index contributed by atoms with van der Waals surface area (Å²) in [7, 11) is 0. The second-order valence-corrected chi connectivity index (χ2v) is 5.83. The second kappa shape index (κ2) is 4.83. The molecule has 2 aliphatic carbocycles. The number of alkyl halides is 4. The van der Waals surface area contributed by atoms with Crippen LogP contribution in [-0.4, -0.2) is 22.1 Å². The van der Waals surface area contributed by atoms with Crippen LogP contribution in [0.1, 0.15) is 49.1 Å². The lowest BCUT2D eigenvalue weighted by molar-refractivity contribution is -0.134. The molecule has 0 aliphatic heterocycles. The number of nitrogens with zero attached hydrogens (tertiary/aromatic N) is 1. The van der Waals surface area contributed by atoms with Gasteiger partial charge in [0.15, 0.2) is 0 Å². The van der Waals surface area contributed by atoms with Crippen molar-refractivity contribution in [2.75, 3.05) is 0 Å². The number of aromatic nitrogens is 1. The number of rotatable bonds is 3. The standard InChI is InChI=1S/C14H15F4NO2/c1-6-2-8-9(21-7-3-14(17,18)4-7)5-19-11(13(15)16)10(8)12(6)20/h5-7,12-13,20H,2-4H2,1H3. The molecule has 0 aromatic carbocycles. The molecule has 116 valence electrons. The number of hydrogen-bond donors (Lipinski definition) is 1. The van der Waals surface area contributed by atoms with Crippen molar-refractivity contribution in [3.63, 3.8) is 0 Å². The molecule has 1 aromatic heterocycles. The molecule has 0 radical (unpaired) electrons. The van der Waals surface area contributed by atoms with Gasteiger partial charge in [-0.2, -0.15) is 0 Å². The van der Waals surface area contributed by atoms with E-state index in [0.29, 0.717) is 12.0 Å². The van der Waals surface area contributed by atoms with Crippen LogP contribution in [0.5, 0.6) is 5.75 Å². The molecule has 1 fully saturated rings. The SMILES string of the molecule is CC1Cc2c(OC3CC(F)(F)C3)cnc(C(F)F)c2C1O. The topological polar surface area (TPSA) is 42.4 Å². The summed E-state index contributed by atoms with van der Waals surface area (Å²) >= 11 is 0. The molecule has 0 bridgehead atoms. The summed E-state index contributed by atoms with van der Waals surface area (Å²) < 4.78 is 57.1. The van der Waals surface area contributed by atoms with Crippen molar-refractivity contribution < 1.29 is 27.4 Å². The molecule has 0 amide bonds. The van der Waals surface area contributed by atoms with Gasteiger partial charge in [0.05, 0.1) is 12.3 Å². The van der Waals surface area contributed by atoms with Gasteiger partial charge in [-0.25, -0.2) is 17.6 Å². The fourth-order valence-corrected chi connectivity index (χ4v) is 2.97. The summed E-state index contributed by atoms with van der Waals surface area (Å²) in [5, 5.41) is 10.0. The Labute approximate surface area is 118 Å². The summed E-state index contributed by atoms with van der Waals surface area (Å²) in [6.07, 6.45) is -3.67. The predicted molar refractivity (Wildman–Crippen MR) is 65.6 cm³/mol. The minimum absolute atomic E-state index is 0.0982. The van der Waals surface area contributed by atoms with Crippen molar-refractivity contribution in [3.8, 4) is 5.75 Å². The molecule has 1 N–H and O–H groups in total. The molecule has 2 unspecified atom stereocenters. The van der Waals surface area contributed by atoms with Gasteiger partial charge in [-0.1, -0.05) is 6.92 Å². The van der Waals surface area contributed by atoms with Crippen LogP contribution in [0.3, 0.4) is 0 Å². The molecule has 1 saturated carbocycles. The maximum Gasteiger partial charge on any atom is 0.280 e. The zero-order valence-corrected chi connectivity index (χ0v) is 11.3. The number of hydrogen-bond acceptors (Lipinski definition) is 3. The van der Waals surface area contributed by atoms with Gasteiger partial charge in [-0.15, -0.1) is 0 Å². The van der Waals surface area contributed by atoms with Gasteiger partial charge in [-0.3, -0.25) is 4.98 Å². The molecule has 3 rings (SSSR count). The van der Waals surface area contributed by atoms with Crippen LogP contribution in [0.15, 0.2) is 6.20 Å². The van der Waals surface area contributed by atoms with Crippen molar-refractivity contribution in [1.82, 2.24) is 4.98 Å². The molecule has 1 aromatic rings. The van der Waals surface area contributed by atoms with Crippen LogP contribution in [0.4, 0.5) is 17.6 Å². The van der Waals surface area contributed by atoms with Gasteiger partial charge in [0.25, 0.3) is 12.3 Å². The number of ether oxygens (including phenoxy) is 1. The van der Waals surface area contributed by atoms with Gasteiger partial charge in [0, 0.05) is 24.0 Å². The highest BCUT2D eigenvalue weighted by Gasteiger charge is 2.47.